The fourth-order valence-electron chi connectivity index (χ4n) is 2.47. The van der Waals surface area contributed by atoms with Crippen molar-refractivity contribution in [2.75, 3.05) is 13.7 Å². The number of nitrogens with zero attached hydrogens (tertiary/aromatic N) is 1. The summed E-state index contributed by atoms with van der Waals surface area (Å²) in [6.45, 7) is 1.09. The Bertz CT molecular complexity index is 447. The zero-order valence-electron chi connectivity index (χ0n) is 10.9. The van der Waals surface area contributed by atoms with E-state index in [2.05, 4.69) is 0 Å². The van der Waals surface area contributed by atoms with Crippen molar-refractivity contribution in [3.8, 4) is 0 Å². The van der Waals surface area contributed by atoms with Gasteiger partial charge in [-0.2, -0.15) is 0 Å². The van der Waals surface area contributed by atoms with E-state index in [1.165, 1.54) is 13.2 Å². The number of ether oxygens (including phenoxy) is 1. The van der Waals surface area contributed by atoms with E-state index in [4.69, 9.17) is 16.3 Å². The average Bonchev–Trinajstić information content (AvgIpc) is 2.42. The summed E-state index contributed by atoms with van der Waals surface area (Å²) in [6.07, 6.45) is 2.74. The number of hydrogen-bond acceptors (Lipinski definition) is 3. The molecule has 1 aliphatic rings. The first-order valence-corrected chi connectivity index (χ1v) is 6.76. The predicted molar refractivity (Wildman–Crippen MR) is 71.5 cm³/mol. The Morgan fingerprint density at radius 2 is 2.32 bits per heavy atom. The van der Waals surface area contributed by atoms with Crippen LogP contribution in [0.2, 0.25) is 5.02 Å². The van der Waals surface area contributed by atoms with Gasteiger partial charge in [-0.15, -0.1) is 0 Å². The molecule has 0 bridgehead atoms. The molecule has 1 fully saturated rings. The Labute approximate surface area is 117 Å². The van der Waals surface area contributed by atoms with E-state index < -0.39 is 0 Å². The first kappa shape index (κ1) is 14.3. The van der Waals surface area contributed by atoms with Crippen LogP contribution in [0.4, 0.5) is 4.39 Å². The van der Waals surface area contributed by atoms with Gasteiger partial charge in [0.25, 0.3) is 0 Å². The van der Waals surface area contributed by atoms with Gasteiger partial charge in [-0.05, 0) is 31.5 Å². The van der Waals surface area contributed by atoms with Crippen molar-refractivity contribution in [3.05, 3.63) is 34.6 Å². The summed E-state index contributed by atoms with van der Waals surface area (Å²) in [7, 11) is 1.38. The number of piperidine rings is 1. The van der Waals surface area contributed by atoms with Crippen LogP contribution in [0.15, 0.2) is 18.2 Å². The van der Waals surface area contributed by atoms with Crippen LogP contribution in [0.5, 0.6) is 0 Å². The molecule has 0 unspecified atom stereocenters. The third-order valence-corrected chi connectivity index (χ3v) is 3.86. The lowest BCUT2D eigenvalue weighted by molar-refractivity contribution is -0.148. The van der Waals surface area contributed by atoms with E-state index in [0.717, 1.165) is 25.8 Å². The number of methoxy groups -OCH3 is 1. The number of esters is 1. The van der Waals surface area contributed by atoms with Crippen LogP contribution in [0.25, 0.3) is 0 Å². The molecular formula is C14H17ClFNO2. The quantitative estimate of drug-likeness (QED) is 0.800. The maximum atomic E-state index is 13.8. The molecule has 1 aromatic rings. The maximum absolute atomic E-state index is 13.8. The fraction of sp³-hybridized carbons (Fsp3) is 0.500. The van der Waals surface area contributed by atoms with Crippen molar-refractivity contribution in [1.29, 1.82) is 0 Å². The molecule has 5 heteroatoms. The lowest BCUT2D eigenvalue weighted by Gasteiger charge is -2.33. The van der Waals surface area contributed by atoms with Gasteiger partial charge >= 0.3 is 5.97 Å². The van der Waals surface area contributed by atoms with Gasteiger partial charge in [-0.1, -0.05) is 24.1 Å². The molecule has 0 amide bonds. The second-order valence-electron chi connectivity index (χ2n) is 4.71. The van der Waals surface area contributed by atoms with Gasteiger partial charge < -0.3 is 4.74 Å². The van der Waals surface area contributed by atoms with Crippen LogP contribution < -0.4 is 0 Å². The van der Waals surface area contributed by atoms with E-state index >= 15 is 0 Å². The van der Waals surface area contributed by atoms with Crippen molar-refractivity contribution < 1.29 is 13.9 Å². The minimum atomic E-state index is -0.332. The lowest BCUT2D eigenvalue weighted by Crippen LogP contribution is -2.44. The molecule has 1 saturated heterocycles. The molecule has 0 saturated carbocycles. The van der Waals surface area contributed by atoms with Crippen LogP contribution in [-0.2, 0) is 16.1 Å². The molecule has 19 heavy (non-hydrogen) atoms. The zero-order chi connectivity index (χ0) is 13.8. The molecule has 0 aliphatic carbocycles. The van der Waals surface area contributed by atoms with E-state index in [9.17, 15) is 9.18 Å². The summed E-state index contributed by atoms with van der Waals surface area (Å²) in [5, 5.41) is 0.397. The van der Waals surface area contributed by atoms with Gasteiger partial charge in [-0.25, -0.2) is 4.39 Å². The topological polar surface area (TPSA) is 29.5 Å². The van der Waals surface area contributed by atoms with Gasteiger partial charge in [0.15, 0.2) is 0 Å². The Morgan fingerprint density at radius 3 is 3.00 bits per heavy atom. The number of hydrogen-bond donors (Lipinski definition) is 0. The normalized spacial score (nSPS) is 20.3. The molecule has 1 aliphatic heterocycles. The monoisotopic (exact) mass is 285 g/mol. The minimum Gasteiger partial charge on any atom is -0.468 e. The van der Waals surface area contributed by atoms with E-state index in [-0.39, 0.29) is 17.8 Å². The van der Waals surface area contributed by atoms with Crippen LogP contribution in [-0.4, -0.2) is 30.6 Å². The Hall–Kier alpha value is -1.13. The molecule has 0 radical (unpaired) electrons. The molecule has 0 spiro atoms. The molecule has 0 N–H and O–H groups in total. The standard InChI is InChI=1S/C14H17ClFNO2/c1-19-14(18)13-7-2-3-8-17(13)9-10-11(15)5-4-6-12(10)16/h4-6,13H,2-3,7-9H2,1H3/t13-/m1/s1. The second-order valence-corrected chi connectivity index (χ2v) is 5.11. The summed E-state index contributed by atoms with van der Waals surface area (Å²) in [5.41, 5.74) is 0.444. The van der Waals surface area contributed by atoms with Crippen molar-refractivity contribution in [1.82, 2.24) is 4.90 Å². The largest absolute Gasteiger partial charge is 0.468 e. The first-order chi connectivity index (χ1) is 9.13. The van der Waals surface area contributed by atoms with Crippen molar-refractivity contribution in [3.63, 3.8) is 0 Å². The van der Waals surface area contributed by atoms with E-state index in [1.807, 2.05) is 4.90 Å². The van der Waals surface area contributed by atoms with Crippen LogP contribution in [0.1, 0.15) is 24.8 Å². The zero-order valence-corrected chi connectivity index (χ0v) is 11.6. The number of carbonyl (C=O) groups is 1. The maximum Gasteiger partial charge on any atom is 0.323 e. The van der Waals surface area contributed by atoms with Gasteiger partial charge in [0, 0.05) is 17.1 Å². The van der Waals surface area contributed by atoms with E-state index in [1.54, 1.807) is 12.1 Å². The third kappa shape index (κ3) is 3.25. The highest BCUT2D eigenvalue weighted by atomic mass is 35.5. The lowest BCUT2D eigenvalue weighted by atomic mass is 10.0. The summed E-state index contributed by atoms with van der Waals surface area (Å²) in [5.74, 6) is -0.589. The number of halogens is 2. The Balaban J connectivity index is 2.18. The molecule has 104 valence electrons. The third-order valence-electron chi connectivity index (χ3n) is 3.51. The molecule has 0 aromatic heterocycles. The smallest absolute Gasteiger partial charge is 0.323 e. The summed E-state index contributed by atoms with van der Waals surface area (Å²) >= 11 is 6.03. The molecule has 3 nitrogen and oxygen atoms in total. The number of benzene rings is 1. The van der Waals surface area contributed by atoms with Crippen molar-refractivity contribution in [2.24, 2.45) is 0 Å². The Kier molecular flexibility index (Phi) is 4.77. The van der Waals surface area contributed by atoms with Crippen LogP contribution in [0, 0.1) is 5.82 Å². The number of carbonyl (C=O) groups excluding carboxylic acids is 1. The SMILES string of the molecule is COC(=O)[C@H]1CCCCN1Cc1c(F)cccc1Cl. The highest BCUT2D eigenvalue weighted by molar-refractivity contribution is 6.31. The highest BCUT2D eigenvalue weighted by Crippen LogP contribution is 2.25. The van der Waals surface area contributed by atoms with Crippen LogP contribution >= 0.6 is 11.6 Å². The summed E-state index contributed by atoms with van der Waals surface area (Å²) in [6, 6.07) is 4.33. The van der Waals surface area contributed by atoms with E-state index in [0.29, 0.717) is 17.1 Å². The summed E-state index contributed by atoms with van der Waals surface area (Å²) in [4.78, 5) is 13.7. The van der Waals surface area contributed by atoms with Gasteiger partial charge in [0.05, 0.1) is 7.11 Å². The Morgan fingerprint density at radius 1 is 1.53 bits per heavy atom. The first-order valence-electron chi connectivity index (χ1n) is 6.38. The predicted octanol–water partition coefficient (Wildman–Crippen LogP) is 3.01. The van der Waals surface area contributed by atoms with Crippen LogP contribution in [0.3, 0.4) is 0 Å². The average molecular weight is 286 g/mol. The number of rotatable bonds is 3. The molecule has 1 heterocycles. The van der Waals surface area contributed by atoms with Gasteiger partial charge in [0.2, 0.25) is 0 Å². The molecule has 1 atom stereocenters. The molecule has 2 rings (SSSR count). The minimum absolute atomic E-state index is 0.257. The van der Waals surface area contributed by atoms with Gasteiger partial charge in [-0.3, -0.25) is 9.69 Å². The molecular weight excluding hydrogens is 269 g/mol. The number of likely N-dealkylation sites (tertiary alicyclic amines) is 1. The van der Waals surface area contributed by atoms with Gasteiger partial charge in [0.1, 0.15) is 11.9 Å². The summed E-state index contributed by atoms with van der Waals surface area (Å²) < 4.78 is 18.6. The molecule has 1 aromatic carbocycles. The van der Waals surface area contributed by atoms with Crippen molar-refractivity contribution >= 4 is 17.6 Å². The van der Waals surface area contributed by atoms with Crippen molar-refractivity contribution in [2.45, 2.75) is 31.8 Å². The highest BCUT2D eigenvalue weighted by Gasteiger charge is 2.30. The fourth-order valence-corrected chi connectivity index (χ4v) is 2.69. The second kappa shape index (κ2) is 6.35.